The first kappa shape index (κ1) is 22.7. The Morgan fingerprint density at radius 3 is 2.37 bits per heavy atom. The molecule has 3 heterocycles. The molecule has 0 atom stereocenters. The van der Waals surface area contributed by atoms with Gasteiger partial charge in [-0.3, -0.25) is 9.78 Å². The van der Waals surface area contributed by atoms with Gasteiger partial charge in [0.1, 0.15) is 5.52 Å². The lowest BCUT2D eigenvalue weighted by atomic mass is 10.00. The van der Waals surface area contributed by atoms with E-state index >= 15 is 0 Å². The van der Waals surface area contributed by atoms with Crippen molar-refractivity contribution in [2.75, 3.05) is 12.4 Å². The van der Waals surface area contributed by atoms with Crippen molar-refractivity contribution < 1.29 is 9.53 Å². The molecule has 0 saturated heterocycles. The van der Waals surface area contributed by atoms with E-state index in [1.165, 1.54) is 7.11 Å². The van der Waals surface area contributed by atoms with Gasteiger partial charge in [0.15, 0.2) is 12.1 Å². The molecule has 0 radical (unpaired) electrons. The average Bonchev–Trinajstić information content (AvgIpc) is 2.90. The molecule has 35 heavy (non-hydrogen) atoms. The van der Waals surface area contributed by atoms with Crippen molar-refractivity contribution in [1.29, 1.82) is 0 Å². The van der Waals surface area contributed by atoms with Crippen molar-refractivity contribution in [3.8, 4) is 28.3 Å². The van der Waals surface area contributed by atoms with Crippen molar-refractivity contribution in [3.63, 3.8) is 0 Å². The molecular formula is C26H17Cl2N5O2. The number of halogens is 2. The third-order valence-corrected chi connectivity index (χ3v) is 6.23. The number of hydrogen-bond acceptors (Lipinski definition) is 7. The SMILES string of the molecule is COc1nc(-c2cccc(-c3cccc(Nc4nccc5nccnc45)c3Cl)c2Cl)ccc1C=O. The minimum absolute atomic E-state index is 0.230. The van der Waals surface area contributed by atoms with E-state index in [9.17, 15) is 4.79 Å². The maximum atomic E-state index is 11.2. The quantitative estimate of drug-likeness (QED) is 0.261. The summed E-state index contributed by atoms with van der Waals surface area (Å²) >= 11 is 13.7. The van der Waals surface area contributed by atoms with Gasteiger partial charge in [-0.2, -0.15) is 0 Å². The Labute approximate surface area is 210 Å². The standard InChI is InChI=1S/C26H17Cl2N5O2/c1-35-26-15(14-34)8-9-19(33-26)18-6-2-4-16(22(18)27)17-5-3-7-20(23(17)28)32-25-24-21(10-11-31-25)29-12-13-30-24/h2-14H,1H3,(H,31,32). The van der Waals surface area contributed by atoms with Crippen molar-refractivity contribution in [2.45, 2.75) is 0 Å². The number of ether oxygens (including phenoxy) is 1. The van der Waals surface area contributed by atoms with Crippen LogP contribution in [0.5, 0.6) is 5.88 Å². The predicted molar refractivity (Wildman–Crippen MR) is 138 cm³/mol. The Bertz CT molecular complexity index is 1570. The third-order valence-electron chi connectivity index (χ3n) is 5.41. The normalized spacial score (nSPS) is 10.8. The second-order valence-corrected chi connectivity index (χ2v) is 8.21. The smallest absolute Gasteiger partial charge is 0.224 e. The van der Waals surface area contributed by atoms with Gasteiger partial charge in [-0.25, -0.2) is 15.0 Å². The highest BCUT2D eigenvalue weighted by Gasteiger charge is 2.17. The van der Waals surface area contributed by atoms with E-state index < -0.39 is 0 Å². The molecule has 0 aliphatic heterocycles. The van der Waals surface area contributed by atoms with Crippen LogP contribution in [0.1, 0.15) is 10.4 Å². The molecule has 9 heteroatoms. The second kappa shape index (κ2) is 9.66. The molecule has 0 bridgehead atoms. The van der Waals surface area contributed by atoms with Gasteiger partial charge >= 0.3 is 0 Å². The van der Waals surface area contributed by atoms with Gasteiger partial charge in [-0.1, -0.05) is 53.5 Å². The van der Waals surface area contributed by atoms with Crippen LogP contribution < -0.4 is 10.1 Å². The lowest BCUT2D eigenvalue weighted by molar-refractivity contribution is 0.112. The van der Waals surface area contributed by atoms with Crippen LogP contribution in [0, 0.1) is 0 Å². The number of aromatic nitrogens is 4. The van der Waals surface area contributed by atoms with Gasteiger partial charge in [0, 0.05) is 35.3 Å². The molecule has 2 aromatic carbocycles. The average molecular weight is 502 g/mol. The van der Waals surface area contributed by atoms with Crippen LogP contribution >= 0.6 is 23.2 Å². The molecule has 0 saturated carbocycles. The number of nitrogens with zero attached hydrogens (tertiary/aromatic N) is 4. The minimum Gasteiger partial charge on any atom is -0.480 e. The summed E-state index contributed by atoms with van der Waals surface area (Å²) < 4.78 is 5.24. The molecule has 0 spiro atoms. The Kier molecular flexibility index (Phi) is 6.27. The van der Waals surface area contributed by atoms with Gasteiger partial charge in [0.25, 0.3) is 0 Å². The van der Waals surface area contributed by atoms with Gasteiger partial charge in [-0.05, 0) is 24.3 Å². The van der Waals surface area contributed by atoms with E-state index in [1.54, 1.807) is 36.8 Å². The molecule has 0 aliphatic rings. The van der Waals surface area contributed by atoms with Crippen molar-refractivity contribution >= 4 is 52.0 Å². The van der Waals surface area contributed by atoms with Crippen LogP contribution in [0.15, 0.2) is 73.2 Å². The zero-order valence-corrected chi connectivity index (χ0v) is 19.9. The molecule has 0 unspecified atom stereocenters. The largest absolute Gasteiger partial charge is 0.480 e. The van der Waals surface area contributed by atoms with Crippen molar-refractivity contribution in [1.82, 2.24) is 19.9 Å². The van der Waals surface area contributed by atoms with Gasteiger partial charge in [0.2, 0.25) is 5.88 Å². The lowest BCUT2D eigenvalue weighted by Gasteiger charge is -2.15. The monoisotopic (exact) mass is 501 g/mol. The molecular weight excluding hydrogens is 485 g/mol. The lowest BCUT2D eigenvalue weighted by Crippen LogP contribution is -1.98. The zero-order valence-electron chi connectivity index (χ0n) is 18.4. The van der Waals surface area contributed by atoms with Gasteiger partial charge in [-0.15, -0.1) is 0 Å². The molecule has 7 nitrogen and oxygen atoms in total. The van der Waals surface area contributed by atoms with Crippen LogP contribution in [-0.2, 0) is 0 Å². The number of carbonyl (C=O) groups excluding carboxylic acids is 1. The molecule has 5 rings (SSSR count). The van der Waals surface area contributed by atoms with E-state index in [0.29, 0.717) is 50.2 Å². The summed E-state index contributed by atoms with van der Waals surface area (Å²) in [5.74, 6) is 0.773. The number of pyridine rings is 2. The van der Waals surface area contributed by atoms with Crippen LogP contribution in [0.4, 0.5) is 11.5 Å². The highest BCUT2D eigenvalue weighted by atomic mass is 35.5. The van der Waals surface area contributed by atoms with Crippen LogP contribution in [-0.4, -0.2) is 33.3 Å². The Hall–Kier alpha value is -4.07. The maximum absolute atomic E-state index is 11.2. The van der Waals surface area contributed by atoms with Crippen molar-refractivity contribution in [3.05, 3.63) is 88.8 Å². The second-order valence-electron chi connectivity index (χ2n) is 7.46. The number of anilines is 2. The summed E-state index contributed by atoms with van der Waals surface area (Å²) in [6.07, 6.45) is 5.60. The molecule has 172 valence electrons. The molecule has 3 aromatic heterocycles. The van der Waals surface area contributed by atoms with Crippen LogP contribution in [0.3, 0.4) is 0 Å². The van der Waals surface area contributed by atoms with Crippen LogP contribution in [0.25, 0.3) is 33.4 Å². The fraction of sp³-hybridized carbons (Fsp3) is 0.0385. The predicted octanol–water partition coefficient (Wildman–Crippen LogP) is 6.63. The first-order chi connectivity index (χ1) is 17.1. The Morgan fingerprint density at radius 1 is 0.829 bits per heavy atom. The Morgan fingerprint density at radius 2 is 1.57 bits per heavy atom. The maximum Gasteiger partial charge on any atom is 0.224 e. The summed E-state index contributed by atoms with van der Waals surface area (Å²) in [7, 11) is 1.46. The van der Waals surface area contributed by atoms with E-state index in [0.717, 1.165) is 16.6 Å². The van der Waals surface area contributed by atoms with E-state index in [1.807, 2.05) is 36.4 Å². The number of nitrogens with one attached hydrogen (secondary N) is 1. The fourth-order valence-electron chi connectivity index (χ4n) is 3.74. The summed E-state index contributed by atoms with van der Waals surface area (Å²) in [5, 5.41) is 4.20. The summed E-state index contributed by atoms with van der Waals surface area (Å²) in [5.41, 5.74) is 5.06. The number of fused-ring (bicyclic) bond motifs is 1. The zero-order chi connectivity index (χ0) is 24.4. The molecule has 0 amide bonds. The highest BCUT2D eigenvalue weighted by molar-refractivity contribution is 6.39. The fourth-order valence-corrected chi connectivity index (χ4v) is 4.34. The van der Waals surface area contributed by atoms with E-state index in [4.69, 9.17) is 27.9 Å². The number of rotatable bonds is 6. The molecule has 0 aliphatic carbocycles. The molecule has 5 aromatic rings. The van der Waals surface area contributed by atoms with Gasteiger partial charge in [0.05, 0.1) is 39.6 Å². The highest BCUT2D eigenvalue weighted by Crippen LogP contribution is 2.42. The topological polar surface area (TPSA) is 89.9 Å². The summed E-state index contributed by atoms with van der Waals surface area (Å²) in [6, 6.07) is 16.4. The van der Waals surface area contributed by atoms with Crippen molar-refractivity contribution in [2.24, 2.45) is 0 Å². The summed E-state index contributed by atoms with van der Waals surface area (Å²) in [4.78, 5) is 28.8. The van der Waals surface area contributed by atoms with E-state index in [-0.39, 0.29) is 5.88 Å². The number of hydrogen-bond donors (Lipinski definition) is 1. The first-order valence-electron chi connectivity index (χ1n) is 10.5. The molecule has 0 fully saturated rings. The number of carbonyl (C=O) groups is 1. The number of aldehydes is 1. The molecule has 1 N–H and O–H groups in total. The first-order valence-corrected chi connectivity index (χ1v) is 11.3. The third kappa shape index (κ3) is 4.27. The van der Waals surface area contributed by atoms with E-state index in [2.05, 4.69) is 25.3 Å². The Balaban J connectivity index is 1.57. The minimum atomic E-state index is 0.230. The number of benzene rings is 2. The van der Waals surface area contributed by atoms with Crippen LogP contribution in [0.2, 0.25) is 10.0 Å². The number of methoxy groups -OCH3 is 1. The summed E-state index contributed by atoms with van der Waals surface area (Å²) in [6.45, 7) is 0. The van der Waals surface area contributed by atoms with Gasteiger partial charge < -0.3 is 10.1 Å².